The van der Waals surface area contributed by atoms with E-state index in [0.29, 0.717) is 19.0 Å². The average Bonchev–Trinajstić information content (AvgIpc) is 3.15. The third-order valence-electron chi connectivity index (χ3n) is 2.94. The molecule has 0 unspecified atom stereocenters. The fourth-order valence-corrected chi connectivity index (χ4v) is 1.74. The third kappa shape index (κ3) is 4.84. The first-order chi connectivity index (χ1) is 8.74. The molecule has 1 aliphatic rings. The first-order valence-corrected chi connectivity index (χ1v) is 6.48. The summed E-state index contributed by atoms with van der Waals surface area (Å²) in [5, 5.41) is 6.20. The lowest BCUT2D eigenvalue weighted by molar-refractivity contribution is -0.121. The Balaban J connectivity index is 1.52. The van der Waals surface area contributed by atoms with Gasteiger partial charge in [0.1, 0.15) is 5.82 Å². The highest BCUT2D eigenvalue weighted by Gasteiger charge is 2.22. The van der Waals surface area contributed by atoms with Gasteiger partial charge in [-0.25, -0.2) is 4.39 Å². The molecular formula is C14H19FN2O. The molecule has 1 fully saturated rings. The van der Waals surface area contributed by atoms with Crippen molar-refractivity contribution in [1.82, 2.24) is 10.6 Å². The van der Waals surface area contributed by atoms with Gasteiger partial charge in [0.15, 0.2) is 0 Å². The monoisotopic (exact) mass is 250 g/mol. The second-order valence-electron chi connectivity index (χ2n) is 4.75. The second kappa shape index (κ2) is 6.50. The fourth-order valence-electron chi connectivity index (χ4n) is 1.74. The lowest BCUT2D eigenvalue weighted by Crippen LogP contribution is -2.26. The molecule has 1 amide bonds. The van der Waals surface area contributed by atoms with Crippen LogP contribution < -0.4 is 10.6 Å². The highest BCUT2D eigenvalue weighted by atomic mass is 19.1. The lowest BCUT2D eigenvalue weighted by Gasteiger charge is -2.05. The predicted molar refractivity (Wildman–Crippen MR) is 68.5 cm³/mol. The standard InChI is InChI=1S/C14H19FN2O/c15-12-5-3-11(4-6-12)10-16-9-1-2-14(18)17-13-7-8-13/h3-6,13,16H,1-2,7-10H2,(H,17,18). The molecule has 2 N–H and O–H groups in total. The topological polar surface area (TPSA) is 41.1 Å². The number of benzene rings is 1. The summed E-state index contributed by atoms with van der Waals surface area (Å²) in [5.74, 6) is -0.0587. The Hall–Kier alpha value is -1.42. The number of hydrogen-bond donors (Lipinski definition) is 2. The van der Waals surface area contributed by atoms with Gasteiger partial charge < -0.3 is 10.6 Å². The lowest BCUT2D eigenvalue weighted by atomic mass is 10.2. The van der Waals surface area contributed by atoms with Crippen molar-refractivity contribution in [2.75, 3.05) is 6.54 Å². The van der Waals surface area contributed by atoms with E-state index in [-0.39, 0.29) is 11.7 Å². The van der Waals surface area contributed by atoms with E-state index in [9.17, 15) is 9.18 Å². The van der Waals surface area contributed by atoms with Crippen LogP contribution in [0.3, 0.4) is 0 Å². The van der Waals surface area contributed by atoms with Crippen LogP contribution in [0.1, 0.15) is 31.2 Å². The van der Waals surface area contributed by atoms with Gasteiger partial charge in [-0.05, 0) is 43.5 Å². The molecule has 1 aromatic rings. The molecule has 18 heavy (non-hydrogen) atoms. The number of hydrogen-bond acceptors (Lipinski definition) is 2. The summed E-state index contributed by atoms with van der Waals surface area (Å²) in [6, 6.07) is 6.90. The Morgan fingerprint density at radius 1 is 1.28 bits per heavy atom. The average molecular weight is 250 g/mol. The van der Waals surface area contributed by atoms with Gasteiger partial charge in [-0.1, -0.05) is 12.1 Å². The second-order valence-corrected chi connectivity index (χ2v) is 4.75. The molecule has 0 heterocycles. The van der Waals surface area contributed by atoms with Gasteiger partial charge in [-0.3, -0.25) is 4.79 Å². The van der Waals surface area contributed by atoms with E-state index in [4.69, 9.17) is 0 Å². The summed E-state index contributed by atoms with van der Waals surface area (Å²) in [6.45, 7) is 1.51. The van der Waals surface area contributed by atoms with Crippen LogP contribution >= 0.6 is 0 Å². The van der Waals surface area contributed by atoms with Crippen LogP contribution in [0.25, 0.3) is 0 Å². The van der Waals surface area contributed by atoms with Crippen molar-refractivity contribution in [3.63, 3.8) is 0 Å². The highest BCUT2D eigenvalue weighted by Crippen LogP contribution is 2.18. The zero-order valence-electron chi connectivity index (χ0n) is 10.4. The van der Waals surface area contributed by atoms with Crippen molar-refractivity contribution in [2.45, 2.75) is 38.3 Å². The van der Waals surface area contributed by atoms with E-state index >= 15 is 0 Å². The summed E-state index contributed by atoms with van der Waals surface area (Å²) < 4.78 is 12.7. The van der Waals surface area contributed by atoms with Crippen molar-refractivity contribution >= 4 is 5.91 Å². The quantitative estimate of drug-likeness (QED) is 0.726. The van der Waals surface area contributed by atoms with Gasteiger partial charge in [-0.15, -0.1) is 0 Å². The normalized spacial score (nSPS) is 14.5. The Morgan fingerprint density at radius 2 is 2.00 bits per heavy atom. The van der Waals surface area contributed by atoms with Crippen molar-refractivity contribution in [3.05, 3.63) is 35.6 Å². The minimum absolute atomic E-state index is 0.154. The molecule has 0 aliphatic heterocycles. The number of halogens is 1. The maximum Gasteiger partial charge on any atom is 0.220 e. The van der Waals surface area contributed by atoms with Crippen LogP contribution in [0.2, 0.25) is 0 Å². The molecule has 0 radical (unpaired) electrons. The molecule has 3 nitrogen and oxygen atoms in total. The number of nitrogens with one attached hydrogen (secondary N) is 2. The minimum atomic E-state index is -0.213. The fraction of sp³-hybridized carbons (Fsp3) is 0.500. The van der Waals surface area contributed by atoms with E-state index in [1.54, 1.807) is 12.1 Å². The largest absolute Gasteiger partial charge is 0.353 e. The highest BCUT2D eigenvalue weighted by molar-refractivity contribution is 5.76. The number of carbonyl (C=O) groups is 1. The minimum Gasteiger partial charge on any atom is -0.353 e. The first kappa shape index (κ1) is 13.0. The molecule has 1 aromatic carbocycles. The van der Waals surface area contributed by atoms with Crippen molar-refractivity contribution in [3.8, 4) is 0 Å². The maximum absolute atomic E-state index is 12.7. The smallest absolute Gasteiger partial charge is 0.220 e. The summed E-state index contributed by atoms with van der Waals surface area (Å²) in [4.78, 5) is 11.4. The molecule has 2 rings (SSSR count). The molecule has 1 saturated carbocycles. The van der Waals surface area contributed by atoms with Crippen LogP contribution in [0, 0.1) is 5.82 Å². The number of amides is 1. The van der Waals surface area contributed by atoms with Crippen molar-refractivity contribution < 1.29 is 9.18 Å². The van der Waals surface area contributed by atoms with Gasteiger partial charge in [0.2, 0.25) is 5.91 Å². The van der Waals surface area contributed by atoms with E-state index in [1.165, 1.54) is 12.1 Å². The van der Waals surface area contributed by atoms with Crippen LogP contribution in [-0.2, 0) is 11.3 Å². The summed E-state index contributed by atoms with van der Waals surface area (Å²) >= 11 is 0. The van der Waals surface area contributed by atoms with Gasteiger partial charge in [0.25, 0.3) is 0 Å². The molecule has 0 atom stereocenters. The molecule has 0 spiro atoms. The van der Waals surface area contributed by atoms with E-state index < -0.39 is 0 Å². The maximum atomic E-state index is 12.7. The summed E-state index contributed by atoms with van der Waals surface area (Å²) in [6.07, 6.45) is 3.68. The zero-order valence-corrected chi connectivity index (χ0v) is 10.4. The van der Waals surface area contributed by atoms with Crippen molar-refractivity contribution in [2.24, 2.45) is 0 Å². The van der Waals surface area contributed by atoms with E-state index in [2.05, 4.69) is 10.6 Å². The Kier molecular flexibility index (Phi) is 4.70. The number of carbonyl (C=O) groups excluding carboxylic acids is 1. The first-order valence-electron chi connectivity index (χ1n) is 6.48. The molecule has 0 bridgehead atoms. The molecule has 0 saturated heterocycles. The SMILES string of the molecule is O=C(CCCNCc1ccc(F)cc1)NC1CC1. The number of rotatable bonds is 7. The Bertz CT molecular complexity index is 387. The van der Waals surface area contributed by atoms with Gasteiger partial charge >= 0.3 is 0 Å². The van der Waals surface area contributed by atoms with Gasteiger partial charge in [-0.2, -0.15) is 0 Å². The van der Waals surface area contributed by atoms with Crippen LogP contribution in [0.15, 0.2) is 24.3 Å². The predicted octanol–water partition coefficient (Wildman–Crippen LogP) is 1.97. The summed E-state index contributed by atoms with van der Waals surface area (Å²) in [5.41, 5.74) is 1.05. The van der Waals surface area contributed by atoms with Crippen molar-refractivity contribution in [1.29, 1.82) is 0 Å². The molecule has 1 aliphatic carbocycles. The Labute approximate surface area is 107 Å². The third-order valence-corrected chi connectivity index (χ3v) is 2.94. The van der Waals surface area contributed by atoms with Crippen LogP contribution in [-0.4, -0.2) is 18.5 Å². The molecule has 98 valence electrons. The van der Waals surface area contributed by atoms with E-state index in [0.717, 1.165) is 31.4 Å². The van der Waals surface area contributed by atoms with Gasteiger partial charge in [0.05, 0.1) is 0 Å². The zero-order chi connectivity index (χ0) is 12.8. The van der Waals surface area contributed by atoms with Crippen LogP contribution in [0.5, 0.6) is 0 Å². The van der Waals surface area contributed by atoms with Gasteiger partial charge in [0, 0.05) is 19.0 Å². The summed E-state index contributed by atoms with van der Waals surface area (Å²) in [7, 11) is 0. The van der Waals surface area contributed by atoms with Crippen LogP contribution in [0.4, 0.5) is 4.39 Å². The molecular weight excluding hydrogens is 231 g/mol. The molecule has 4 heteroatoms. The molecule has 0 aromatic heterocycles. The Morgan fingerprint density at radius 3 is 2.67 bits per heavy atom. The van der Waals surface area contributed by atoms with E-state index in [1.807, 2.05) is 0 Å².